The standard InChI is InChI=1S/C25H20ClN5O2/c1-16-6-2-3-10-22(16)33-15-18-13-23-28-25(32)21(24(27)31(23)29-18)14-20-9-5-11-30(20)19-8-4-7-17(26)12-19/h2-12,14,27H,13,15H2,1H3/b21-14+,27-24?. The average molecular weight is 458 g/mol. The van der Waals surface area contributed by atoms with Gasteiger partial charge in [-0.3, -0.25) is 10.2 Å². The maximum atomic E-state index is 12.8. The number of fused-ring (bicyclic) bond motifs is 1. The second-order valence-electron chi connectivity index (χ2n) is 7.73. The fourth-order valence-corrected chi connectivity index (χ4v) is 3.95. The lowest BCUT2D eigenvalue weighted by Crippen LogP contribution is -2.36. The third-order valence-corrected chi connectivity index (χ3v) is 5.66. The molecule has 7 nitrogen and oxygen atoms in total. The van der Waals surface area contributed by atoms with Gasteiger partial charge in [0.2, 0.25) is 0 Å². The Bertz CT molecular complexity index is 1370. The van der Waals surface area contributed by atoms with Gasteiger partial charge in [0.25, 0.3) is 5.91 Å². The molecule has 3 aromatic rings. The van der Waals surface area contributed by atoms with Crippen LogP contribution < -0.4 is 4.74 Å². The van der Waals surface area contributed by atoms with Gasteiger partial charge in [0.15, 0.2) is 5.84 Å². The van der Waals surface area contributed by atoms with E-state index < -0.39 is 5.91 Å². The summed E-state index contributed by atoms with van der Waals surface area (Å²) in [4.78, 5) is 17.0. The van der Waals surface area contributed by atoms with Crippen LogP contribution in [0.4, 0.5) is 0 Å². The van der Waals surface area contributed by atoms with Crippen molar-refractivity contribution in [2.24, 2.45) is 10.1 Å². The number of aromatic nitrogens is 1. The van der Waals surface area contributed by atoms with Crippen molar-refractivity contribution in [3.63, 3.8) is 0 Å². The summed E-state index contributed by atoms with van der Waals surface area (Å²) in [6.07, 6.45) is 3.90. The van der Waals surface area contributed by atoms with Crippen LogP contribution in [0.2, 0.25) is 5.02 Å². The summed E-state index contributed by atoms with van der Waals surface area (Å²) < 4.78 is 7.77. The minimum atomic E-state index is -0.457. The van der Waals surface area contributed by atoms with Crippen molar-refractivity contribution >= 4 is 41.0 Å². The highest BCUT2D eigenvalue weighted by molar-refractivity contribution is 6.34. The number of carbonyl (C=O) groups excluding carboxylic acids is 1. The molecule has 8 heteroatoms. The van der Waals surface area contributed by atoms with Crippen molar-refractivity contribution in [1.82, 2.24) is 9.58 Å². The minimum Gasteiger partial charge on any atom is -0.487 e. The summed E-state index contributed by atoms with van der Waals surface area (Å²) in [5.74, 6) is 0.757. The van der Waals surface area contributed by atoms with Crippen LogP contribution in [0.3, 0.4) is 0 Å². The van der Waals surface area contributed by atoms with Crippen LogP contribution in [0.25, 0.3) is 11.8 Å². The SMILES string of the molecule is Cc1ccccc1OCC1=NN2C(=N)/C(=C\c3cccn3-c3cccc(Cl)c3)C(=O)N=C2C1. The number of amidine groups is 2. The highest BCUT2D eigenvalue weighted by atomic mass is 35.5. The zero-order valence-corrected chi connectivity index (χ0v) is 18.6. The average Bonchev–Trinajstić information content (AvgIpc) is 3.43. The number of para-hydroxylation sites is 1. The molecule has 2 aromatic carbocycles. The number of carbonyl (C=O) groups is 1. The number of amides is 1. The van der Waals surface area contributed by atoms with Crippen LogP contribution in [-0.2, 0) is 4.79 Å². The number of aryl methyl sites for hydroxylation is 1. The lowest BCUT2D eigenvalue weighted by atomic mass is 10.1. The molecule has 5 rings (SSSR count). The van der Waals surface area contributed by atoms with E-state index in [1.54, 1.807) is 12.1 Å². The molecule has 0 saturated carbocycles. The first-order valence-corrected chi connectivity index (χ1v) is 10.8. The summed E-state index contributed by atoms with van der Waals surface area (Å²) >= 11 is 6.13. The molecule has 0 atom stereocenters. The predicted octanol–water partition coefficient (Wildman–Crippen LogP) is 4.88. The van der Waals surface area contributed by atoms with Crippen LogP contribution >= 0.6 is 11.6 Å². The van der Waals surface area contributed by atoms with Gasteiger partial charge in [-0.05, 0) is 55.0 Å². The van der Waals surface area contributed by atoms with Crippen molar-refractivity contribution in [2.45, 2.75) is 13.3 Å². The Labute approximate surface area is 195 Å². The molecule has 0 saturated heterocycles. The lowest BCUT2D eigenvalue weighted by molar-refractivity contribution is -0.114. The van der Waals surface area contributed by atoms with E-state index >= 15 is 0 Å². The Balaban J connectivity index is 1.39. The summed E-state index contributed by atoms with van der Waals surface area (Å²) in [5.41, 5.74) is 3.49. The smallest absolute Gasteiger partial charge is 0.282 e. The highest BCUT2D eigenvalue weighted by Gasteiger charge is 2.35. The van der Waals surface area contributed by atoms with Crippen LogP contribution in [0.15, 0.2) is 82.5 Å². The van der Waals surface area contributed by atoms with Crippen molar-refractivity contribution < 1.29 is 9.53 Å². The van der Waals surface area contributed by atoms with E-state index in [1.165, 1.54) is 5.01 Å². The summed E-state index contributed by atoms with van der Waals surface area (Å²) in [7, 11) is 0. The van der Waals surface area contributed by atoms with Crippen molar-refractivity contribution in [3.05, 3.63) is 88.7 Å². The molecule has 0 unspecified atom stereocenters. The van der Waals surface area contributed by atoms with Gasteiger partial charge in [0.05, 0.1) is 17.7 Å². The molecule has 33 heavy (non-hydrogen) atoms. The summed E-state index contributed by atoms with van der Waals surface area (Å²) in [6.45, 7) is 2.24. The van der Waals surface area contributed by atoms with Crippen LogP contribution in [-0.4, -0.2) is 39.5 Å². The molecule has 164 valence electrons. The fourth-order valence-electron chi connectivity index (χ4n) is 3.76. The topological polar surface area (TPSA) is 83.0 Å². The van der Waals surface area contributed by atoms with Gasteiger partial charge < -0.3 is 9.30 Å². The number of hydrazone groups is 1. The summed E-state index contributed by atoms with van der Waals surface area (Å²) in [5, 5.41) is 15.1. The number of benzene rings is 2. The number of hydrogen-bond donors (Lipinski definition) is 1. The van der Waals surface area contributed by atoms with Gasteiger partial charge >= 0.3 is 0 Å². The number of ether oxygens (including phenoxy) is 1. The lowest BCUT2D eigenvalue weighted by Gasteiger charge is -2.21. The predicted molar refractivity (Wildman–Crippen MR) is 129 cm³/mol. The monoisotopic (exact) mass is 457 g/mol. The van der Waals surface area contributed by atoms with Crippen LogP contribution in [0.1, 0.15) is 17.7 Å². The first kappa shape index (κ1) is 20.9. The molecule has 3 heterocycles. The maximum Gasteiger partial charge on any atom is 0.282 e. The van der Waals surface area contributed by atoms with E-state index in [2.05, 4.69) is 10.1 Å². The molecule has 0 radical (unpaired) electrons. The Morgan fingerprint density at radius 1 is 1.15 bits per heavy atom. The van der Waals surface area contributed by atoms with Gasteiger partial charge in [-0.2, -0.15) is 10.1 Å². The zero-order chi connectivity index (χ0) is 22.9. The Hall–Kier alpha value is -3.97. The molecular formula is C25H20ClN5O2. The Kier molecular flexibility index (Phi) is 5.40. The van der Waals surface area contributed by atoms with E-state index in [1.807, 2.05) is 72.3 Å². The summed E-state index contributed by atoms with van der Waals surface area (Å²) in [6, 6.07) is 18.9. The van der Waals surface area contributed by atoms with E-state index in [0.29, 0.717) is 23.0 Å². The molecule has 0 fully saturated rings. The largest absolute Gasteiger partial charge is 0.487 e. The normalized spacial score (nSPS) is 16.7. The minimum absolute atomic E-state index is 0.00487. The Morgan fingerprint density at radius 2 is 2.00 bits per heavy atom. The fraction of sp³-hybridized carbons (Fsp3) is 0.120. The van der Waals surface area contributed by atoms with Gasteiger partial charge in [-0.1, -0.05) is 35.9 Å². The third kappa shape index (κ3) is 4.10. The molecule has 0 spiro atoms. The number of halogens is 1. The first-order chi connectivity index (χ1) is 16.0. The number of nitrogens with one attached hydrogen (secondary N) is 1. The zero-order valence-electron chi connectivity index (χ0n) is 17.8. The molecule has 1 N–H and O–H groups in total. The van der Waals surface area contributed by atoms with Gasteiger partial charge in [0.1, 0.15) is 18.2 Å². The molecule has 0 aliphatic carbocycles. The van der Waals surface area contributed by atoms with Crippen molar-refractivity contribution in [1.29, 1.82) is 5.41 Å². The number of rotatable bonds is 5. The van der Waals surface area contributed by atoms with Crippen LogP contribution in [0.5, 0.6) is 5.75 Å². The quantitative estimate of drug-likeness (QED) is 0.554. The van der Waals surface area contributed by atoms with E-state index in [9.17, 15) is 4.79 Å². The van der Waals surface area contributed by atoms with Crippen molar-refractivity contribution in [2.75, 3.05) is 6.61 Å². The van der Waals surface area contributed by atoms with Crippen LogP contribution in [0, 0.1) is 12.3 Å². The number of nitrogens with zero attached hydrogens (tertiary/aromatic N) is 4. The number of aliphatic imine (C=N–C) groups is 1. The van der Waals surface area contributed by atoms with Crippen molar-refractivity contribution in [3.8, 4) is 11.4 Å². The van der Waals surface area contributed by atoms with Gasteiger partial charge in [0, 0.05) is 22.6 Å². The molecule has 1 aromatic heterocycles. The Morgan fingerprint density at radius 3 is 2.82 bits per heavy atom. The number of hydrogen-bond acceptors (Lipinski definition) is 4. The molecule has 2 aliphatic rings. The third-order valence-electron chi connectivity index (χ3n) is 5.42. The highest BCUT2D eigenvalue weighted by Crippen LogP contribution is 2.25. The maximum absolute atomic E-state index is 12.8. The molecule has 0 bridgehead atoms. The van der Waals surface area contributed by atoms with E-state index in [0.717, 1.165) is 22.7 Å². The second kappa shape index (κ2) is 8.52. The molecule has 1 amide bonds. The molecule has 2 aliphatic heterocycles. The van der Waals surface area contributed by atoms with E-state index in [-0.39, 0.29) is 18.0 Å². The van der Waals surface area contributed by atoms with E-state index in [4.69, 9.17) is 21.7 Å². The van der Waals surface area contributed by atoms with Gasteiger partial charge in [-0.25, -0.2) is 5.01 Å². The second-order valence-corrected chi connectivity index (χ2v) is 8.17. The first-order valence-electron chi connectivity index (χ1n) is 10.4. The molecular weight excluding hydrogens is 438 g/mol. The van der Waals surface area contributed by atoms with Gasteiger partial charge in [-0.15, -0.1) is 0 Å².